The van der Waals surface area contributed by atoms with Gasteiger partial charge in [0.15, 0.2) is 6.10 Å². The third kappa shape index (κ3) is 55.6. The van der Waals surface area contributed by atoms with Gasteiger partial charge in [-0.05, 0) is 109 Å². The molecule has 0 N–H and O–H groups in total. The summed E-state index contributed by atoms with van der Waals surface area (Å²) in [6, 6.07) is 0. The van der Waals surface area contributed by atoms with Crippen molar-refractivity contribution < 1.29 is 28.6 Å². The molecule has 0 aliphatic heterocycles. The maximum Gasteiger partial charge on any atom is 0.306 e. The van der Waals surface area contributed by atoms with E-state index in [9.17, 15) is 14.4 Å². The number of ether oxygens (including phenoxy) is 3. The lowest BCUT2D eigenvalue weighted by atomic mass is 10.1. The van der Waals surface area contributed by atoms with Gasteiger partial charge in [0.1, 0.15) is 13.2 Å². The Morgan fingerprint density at radius 2 is 0.620 bits per heavy atom. The molecule has 0 bridgehead atoms. The molecule has 0 aromatic heterocycles. The summed E-state index contributed by atoms with van der Waals surface area (Å²) in [5, 5.41) is 0. The van der Waals surface area contributed by atoms with Gasteiger partial charge in [0.25, 0.3) is 0 Å². The van der Waals surface area contributed by atoms with E-state index in [1.54, 1.807) is 0 Å². The molecule has 0 rings (SSSR count). The minimum atomic E-state index is -0.830. The minimum Gasteiger partial charge on any atom is -0.462 e. The first kappa shape index (κ1) is 65.8. The van der Waals surface area contributed by atoms with Crippen molar-refractivity contribution in [2.45, 2.75) is 207 Å². The van der Waals surface area contributed by atoms with E-state index in [1.165, 1.54) is 32.1 Å². The molecule has 0 aromatic rings. The Hall–Kier alpha value is -5.23. The second-order valence-corrected chi connectivity index (χ2v) is 17.6. The first-order valence-corrected chi connectivity index (χ1v) is 27.8. The predicted octanol–water partition coefficient (Wildman–Crippen LogP) is 18.8. The van der Waals surface area contributed by atoms with Crippen LogP contribution in [0.2, 0.25) is 0 Å². The van der Waals surface area contributed by atoms with Crippen molar-refractivity contribution >= 4 is 17.9 Å². The molecule has 6 heteroatoms. The maximum absolute atomic E-state index is 12.9. The van der Waals surface area contributed by atoms with E-state index < -0.39 is 6.10 Å². The van der Waals surface area contributed by atoms with E-state index >= 15 is 0 Å². The maximum atomic E-state index is 12.9. The number of allylic oxidation sites excluding steroid dienone is 28. The van der Waals surface area contributed by atoms with Crippen LogP contribution in [0.4, 0.5) is 0 Å². The molecule has 394 valence electrons. The van der Waals surface area contributed by atoms with Crippen molar-refractivity contribution in [1.29, 1.82) is 0 Å². The van der Waals surface area contributed by atoms with Gasteiger partial charge in [0.2, 0.25) is 0 Å². The molecule has 0 radical (unpaired) electrons. The molecule has 0 amide bonds. The van der Waals surface area contributed by atoms with Crippen LogP contribution in [0.5, 0.6) is 0 Å². The first-order chi connectivity index (χ1) is 35.0. The van der Waals surface area contributed by atoms with Gasteiger partial charge in [-0.25, -0.2) is 0 Å². The Bertz CT molecular complexity index is 1690. The van der Waals surface area contributed by atoms with Crippen molar-refractivity contribution in [2.24, 2.45) is 0 Å². The van der Waals surface area contributed by atoms with Crippen LogP contribution in [0.1, 0.15) is 201 Å². The second-order valence-electron chi connectivity index (χ2n) is 17.6. The van der Waals surface area contributed by atoms with Crippen LogP contribution in [0, 0.1) is 0 Å². The smallest absolute Gasteiger partial charge is 0.306 e. The zero-order valence-electron chi connectivity index (χ0n) is 44.9. The van der Waals surface area contributed by atoms with Crippen molar-refractivity contribution in [3.05, 3.63) is 170 Å². The van der Waals surface area contributed by atoms with Crippen LogP contribution in [0.25, 0.3) is 0 Å². The van der Waals surface area contributed by atoms with E-state index in [2.05, 4.69) is 118 Å². The van der Waals surface area contributed by atoms with Crippen molar-refractivity contribution in [3.63, 3.8) is 0 Å². The highest BCUT2D eigenvalue weighted by atomic mass is 16.6. The van der Waals surface area contributed by atoms with Crippen molar-refractivity contribution in [2.75, 3.05) is 13.2 Å². The monoisotopic (exact) mass is 975 g/mol. The third-order valence-electron chi connectivity index (χ3n) is 10.9. The molecule has 0 saturated heterocycles. The molecule has 0 aliphatic carbocycles. The first-order valence-electron chi connectivity index (χ1n) is 27.8. The molecule has 1 atom stereocenters. The van der Waals surface area contributed by atoms with Crippen LogP contribution in [0.3, 0.4) is 0 Å². The van der Waals surface area contributed by atoms with Crippen LogP contribution in [-0.4, -0.2) is 37.2 Å². The molecule has 0 saturated carbocycles. The van der Waals surface area contributed by atoms with E-state index in [-0.39, 0.29) is 44.0 Å². The Labute approximate surface area is 434 Å². The summed E-state index contributed by atoms with van der Waals surface area (Å²) in [6.45, 7) is 6.25. The van der Waals surface area contributed by atoms with Crippen LogP contribution in [-0.2, 0) is 28.6 Å². The number of rotatable bonds is 47. The quantitative estimate of drug-likeness (QED) is 0.0199. The fraction of sp³-hybridized carbons (Fsp3) is 0.523. The van der Waals surface area contributed by atoms with Crippen LogP contribution in [0.15, 0.2) is 170 Å². The highest BCUT2D eigenvalue weighted by Crippen LogP contribution is 2.12. The Kier molecular flexibility index (Phi) is 53.1. The fourth-order valence-electron chi connectivity index (χ4n) is 6.79. The van der Waals surface area contributed by atoms with Crippen molar-refractivity contribution in [1.82, 2.24) is 0 Å². The van der Waals surface area contributed by atoms with Gasteiger partial charge in [-0.3, -0.25) is 14.4 Å². The van der Waals surface area contributed by atoms with E-state index in [4.69, 9.17) is 14.2 Å². The van der Waals surface area contributed by atoms with Crippen molar-refractivity contribution in [3.8, 4) is 0 Å². The molecule has 0 aliphatic rings. The SMILES string of the molecule is CC\C=C/C=C\C=C/C=C\C=C\C=C/C=C\CCCCCC(=O)OCC(COC(=O)CCCCCCCC/C=C\C=C/CCCCC)OC(=O)CCCCC/C=C\C/C=C\C/C=C\C/C=C\C/C=C\CC. The minimum absolute atomic E-state index is 0.122. The fourth-order valence-corrected chi connectivity index (χ4v) is 6.79. The summed E-state index contributed by atoms with van der Waals surface area (Å²) in [6.07, 6.45) is 84.7. The van der Waals surface area contributed by atoms with Gasteiger partial charge in [0.05, 0.1) is 0 Å². The lowest BCUT2D eigenvalue weighted by Gasteiger charge is -2.18. The lowest BCUT2D eigenvalue weighted by molar-refractivity contribution is -0.167. The Morgan fingerprint density at radius 1 is 0.310 bits per heavy atom. The lowest BCUT2D eigenvalue weighted by Crippen LogP contribution is -2.30. The van der Waals surface area contributed by atoms with Crippen LogP contribution < -0.4 is 0 Å². The Balaban J connectivity index is 4.62. The molecule has 0 heterocycles. The number of esters is 3. The molecular weight excluding hydrogens is 877 g/mol. The average Bonchev–Trinajstić information content (AvgIpc) is 3.37. The van der Waals surface area contributed by atoms with Gasteiger partial charge >= 0.3 is 17.9 Å². The number of unbranched alkanes of at least 4 members (excludes halogenated alkanes) is 15. The van der Waals surface area contributed by atoms with E-state index in [0.717, 1.165) is 116 Å². The van der Waals surface area contributed by atoms with Gasteiger partial charge in [-0.2, -0.15) is 0 Å². The highest BCUT2D eigenvalue weighted by molar-refractivity contribution is 5.71. The molecule has 0 spiro atoms. The third-order valence-corrected chi connectivity index (χ3v) is 10.9. The number of carbonyl (C=O) groups is 3. The summed E-state index contributed by atoms with van der Waals surface area (Å²) in [5.74, 6) is -1.02. The topological polar surface area (TPSA) is 78.9 Å². The number of hydrogen-bond acceptors (Lipinski definition) is 6. The normalized spacial score (nSPS) is 13.5. The Morgan fingerprint density at radius 3 is 1.06 bits per heavy atom. The molecule has 1 unspecified atom stereocenters. The van der Waals surface area contributed by atoms with Gasteiger partial charge in [-0.1, -0.05) is 242 Å². The largest absolute Gasteiger partial charge is 0.462 e. The average molecular weight is 975 g/mol. The zero-order valence-corrected chi connectivity index (χ0v) is 44.9. The van der Waals surface area contributed by atoms with Gasteiger partial charge < -0.3 is 14.2 Å². The standard InChI is InChI=1S/C65H98O6/c1-4-7-10-13-16-19-22-25-28-30-32-34-37-40-43-46-49-52-55-58-64(67)70-61-62(60-69-63(66)57-54-51-48-45-42-39-36-27-24-21-18-15-12-9-6-3)71-65(68)59-56-53-50-47-44-41-38-35-33-31-29-26-23-20-17-14-11-8-5-2/h7-8,10-11,13,16-22,24-30,32-35,37,40-41,43-44,62H,4-6,9,12,14-15,23,31,36,38-39,42,45-61H2,1-3H3/b10-7-,11-8-,16-13-,20-17-,21-18-,22-19-,27-24-,28-25-,29-26-,32-30+,35-33-,37-34-,43-40-,44-41-. The molecule has 0 aromatic carbocycles. The molecule has 6 nitrogen and oxygen atoms in total. The summed E-state index contributed by atoms with van der Waals surface area (Å²) in [7, 11) is 0. The van der Waals surface area contributed by atoms with Crippen LogP contribution >= 0.6 is 0 Å². The summed E-state index contributed by atoms with van der Waals surface area (Å²) >= 11 is 0. The number of carbonyl (C=O) groups excluding carboxylic acids is 3. The summed E-state index contributed by atoms with van der Waals surface area (Å²) in [5.41, 5.74) is 0. The molecular formula is C65H98O6. The van der Waals surface area contributed by atoms with Gasteiger partial charge in [0, 0.05) is 19.3 Å². The number of hydrogen-bond donors (Lipinski definition) is 0. The van der Waals surface area contributed by atoms with E-state index in [0.29, 0.717) is 19.3 Å². The highest BCUT2D eigenvalue weighted by Gasteiger charge is 2.19. The summed E-state index contributed by atoms with van der Waals surface area (Å²) in [4.78, 5) is 38.1. The molecule has 71 heavy (non-hydrogen) atoms. The van der Waals surface area contributed by atoms with Gasteiger partial charge in [-0.15, -0.1) is 0 Å². The predicted molar refractivity (Wildman–Crippen MR) is 306 cm³/mol. The van der Waals surface area contributed by atoms with E-state index in [1.807, 2.05) is 72.9 Å². The second kappa shape index (κ2) is 57.3. The molecule has 0 fully saturated rings. The zero-order chi connectivity index (χ0) is 51.4. The summed E-state index contributed by atoms with van der Waals surface area (Å²) < 4.78 is 16.8.